The van der Waals surface area contributed by atoms with Gasteiger partial charge in [0.05, 0.1) is 6.04 Å². The maximum Gasteiger partial charge on any atom is 0.0587 e. The molecule has 0 bridgehead atoms. The predicted molar refractivity (Wildman–Crippen MR) is 80.4 cm³/mol. The van der Waals surface area contributed by atoms with Crippen LogP contribution in [0, 0.1) is 13.8 Å². The van der Waals surface area contributed by atoms with Crippen molar-refractivity contribution in [1.82, 2.24) is 5.32 Å². The Morgan fingerprint density at radius 2 is 1.83 bits per heavy atom. The molecule has 1 aromatic carbocycles. The van der Waals surface area contributed by atoms with Gasteiger partial charge in [-0.15, -0.1) is 11.3 Å². The van der Waals surface area contributed by atoms with Crippen molar-refractivity contribution >= 4 is 11.3 Å². The summed E-state index contributed by atoms with van der Waals surface area (Å²) in [5.74, 6) is 0. The molecule has 0 amide bonds. The Kier molecular flexibility index (Phi) is 4.56. The molecular formula is C16H21NS. The summed E-state index contributed by atoms with van der Waals surface area (Å²) in [6.45, 7) is 7.59. The van der Waals surface area contributed by atoms with Crippen molar-refractivity contribution in [2.24, 2.45) is 0 Å². The van der Waals surface area contributed by atoms with Crippen LogP contribution in [0.3, 0.4) is 0 Å². The van der Waals surface area contributed by atoms with Crippen molar-refractivity contribution in [2.75, 3.05) is 6.54 Å². The average Bonchev–Trinajstić information content (AvgIpc) is 2.78. The highest BCUT2D eigenvalue weighted by atomic mass is 32.1. The van der Waals surface area contributed by atoms with Gasteiger partial charge in [-0.3, -0.25) is 0 Å². The van der Waals surface area contributed by atoms with Gasteiger partial charge in [0.2, 0.25) is 0 Å². The number of hydrogen-bond donors (Lipinski definition) is 1. The molecular weight excluding hydrogens is 238 g/mol. The Balaban J connectivity index is 2.30. The second-order valence-electron chi connectivity index (χ2n) is 4.73. The zero-order chi connectivity index (χ0) is 13.0. The number of nitrogens with one attached hydrogen (secondary N) is 1. The second-order valence-corrected chi connectivity index (χ2v) is 5.85. The van der Waals surface area contributed by atoms with E-state index in [1.807, 2.05) is 11.3 Å². The number of hydrogen-bond acceptors (Lipinski definition) is 2. The lowest BCUT2D eigenvalue weighted by Crippen LogP contribution is -2.23. The third-order valence-electron chi connectivity index (χ3n) is 3.22. The van der Waals surface area contributed by atoms with E-state index >= 15 is 0 Å². The van der Waals surface area contributed by atoms with E-state index in [0.717, 1.165) is 13.0 Å². The third kappa shape index (κ3) is 3.01. The molecule has 0 aliphatic heterocycles. The van der Waals surface area contributed by atoms with Gasteiger partial charge in [0.1, 0.15) is 0 Å². The fraction of sp³-hybridized carbons (Fsp3) is 0.375. The van der Waals surface area contributed by atoms with Gasteiger partial charge in [0, 0.05) is 4.88 Å². The van der Waals surface area contributed by atoms with E-state index < -0.39 is 0 Å². The molecule has 0 spiro atoms. The van der Waals surface area contributed by atoms with Crippen molar-refractivity contribution in [1.29, 1.82) is 0 Å². The minimum atomic E-state index is 0.330. The molecule has 2 heteroatoms. The zero-order valence-corrected chi connectivity index (χ0v) is 12.2. The second kappa shape index (κ2) is 6.17. The highest BCUT2D eigenvalue weighted by Gasteiger charge is 2.15. The van der Waals surface area contributed by atoms with Crippen LogP contribution in [0.15, 0.2) is 35.7 Å². The van der Waals surface area contributed by atoms with E-state index in [4.69, 9.17) is 0 Å². The van der Waals surface area contributed by atoms with Crippen molar-refractivity contribution in [3.05, 3.63) is 57.3 Å². The molecule has 1 N–H and O–H groups in total. The number of rotatable bonds is 5. The Morgan fingerprint density at radius 1 is 1.11 bits per heavy atom. The molecule has 1 heterocycles. The number of benzene rings is 1. The number of aryl methyl sites for hydroxylation is 2. The Morgan fingerprint density at radius 3 is 2.39 bits per heavy atom. The van der Waals surface area contributed by atoms with E-state index in [1.54, 1.807) is 0 Å². The normalized spacial score (nSPS) is 12.6. The molecule has 0 saturated carbocycles. The average molecular weight is 259 g/mol. The molecule has 18 heavy (non-hydrogen) atoms. The van der Waals surface area contributed by atoms with Gasteiger partial charge in [-0.1, -0.05) is 36.8 Å². The number of thiophene rings is 1. The van der Waals surface area contributed by atoms with Gasteiger partial charge in [0.25, 0.3) is 0 Å². The lowest BCUT2D eigenvalue weighted by Gasteiger charge is -2.19. The molecule has 0 aliphatic carbocycles. The van der Waals surface area contributed by atoms with E-state index in [0.29, 0.717) is 6.04 Å². The molecule has 2 aromatic rings. The first-order chi connectivity index (χ1) is 8.72. The summed E-state index contributed by atoms with van der Waals surface area (Å²) in [7, 11) is 0. The van der Waals surface area contributed by atoms with Gasteiger partial charge in [-0.05, 0) is 49.4 Å². The quantitative estimate of drug-likeness (QED) is 0.836. The predicted octanol–water partition coefficient (Wildman–Crippen LogP) is 4.45. The van der Waals surface area contributed by atoms with Gasteiger partial charge >= 0.3 is 0 Å². The van der Waals surface area contributed by atoms with Crippen molar-refractivity contribution in [3.8, 4) is 0 Å². The summed E-state index contributed by atoms with van der Waals surface area (Å²) in [5.41, 5.74) is 4.09. The summed E-state index contributed by atoms with van der Waals surface area (Å²) in [6, 6.07) is 11.4. The van der Waals surface area contributed by atoms with E-state index in [9.17, 15) is 0 Å². The summed E-state index contributed by atoms with van der Waals surface area (Å²) in [6.07, 6.45) is 1.16. The Hall–Kier alpha value is -1.12. The van der Waals surface area contributed by atoms with Gasteiger partial charge in [0.15, 0.2) is 0 Å². The van der Waals surface area contributed by atoms with Crippen LogP contribution < -0.4 is 5.32 Å². The molecule has 0 aliphatic rings. The fourth-order valence-electron chi connectivity index (χ4n) is 2.15. The molecule has 1 atom stereocenters. The van der Waals surface area contributed by atoms with Crippen molar-refractivity contribution < 1.29 is 0 Å². The van der Waals surface area contributed by atoms with Crippen molar-refractivity contribution in [3.63, 3.8) is 0 Å². The van der Waals surface area contributed by atoms with E-state index in [2.05, 4.69) is 61.8 Å². The van der Waals surface area contributed by atoms with E-state index in [-0.39, 0.29) is 0 Å². The van der Waals surface area contributed by atoms with Crippen LogP contribution in [0.5, 0.6) is 0 Å². The molecule has 0 saturated heterocycles. The van der Waals surface area contributed by atoms with Crippen molar-refractivity contribution in [2.45, 2.75) is 33.2 Å². The maximum absolute atomic E-state index is 3.66. The zero-order valence-electron chi connectivity index (χ0n) is 11.4. The largest absolute Gasteiger partial charge is 0.306 e. The summed E-state index contributed by atoms with van der Waals surface area (Å²) >= 11 is 1.82. The summed E-state index contributed by atoms with van der Waals surface area (Å²) in [5, 5.41) is 5.84. The first-order valence-corrected chi connectivity index (χ1v) is 7.44. The van der Waals surface area contributed by atoms with Crippen LogP contribution in [0.1, 0.15) is 41.0 Å². The van der Waals surface area contributed by atoms with E-state index in [1.165, 1.54) is 21.6 Å². The van der Waals surface area contributed by atoms with Crippen LogP contribution in [0.2, 0.25) is 0 Å². The third-order valence-corrected chi connectivity index (χ3v) is 4.08. The highest BCUT2D eigenvalue weighted by Crippen LogP contribution is 2.28. The smallest absolute Gasteiger partial charge is 0.0587 e. The minimum Gasteiger partial charge on any atom is -0.306 e. The minimum absolute atomic E-state index is 0.330. The lowest BCUT2D eigenvalue weighted by molar-refractivity contribution is 0.598. The molecule has 96 valence electrons. The van der Waals surface area contributed by atoms with Crippen LogP contribution in [0.25, 0.3) is 0 Å². The molecule has 1 unspecified atom stereocenters. The van der Waals surface area contributed by atoms with Gasteiger partial charge < -0.3 is 5.32 Å². The van der Waals surface area contributed by atoms with Crippen LogP contribution in [-0.4, -0.2) is 6.54 Å². The monoisotopic (exact) mass is 259 g/mol. The van der Waals surface area contributed by atoms with Crippen LogP contribution in [0.4, 0.5) is 0 Å². The lowest BCUT2D eigenvalue weighted by atomic mass is 9.98. The molecule has 1 aromatic heterocycles. The molecule has 0 radical (unpaired) electrons. The standard InChI is InChI=1S/C16H21NS/c1-4-10-17-16(15-9-11-18-13(15)3)14-7-5-12(2)6-8-14/h5-9,11,16-17H,4,10H2,1-3H3. The van der Waals surface area contributed by atoms with Gasteiger partial charge in [-0.25, -0.2) is 0 Å². The Labute approximate surface area is 114 Å². The molecule has 0 fully saturated rings. The topological polar surface area (TPSA) is 12.0 Å². The first-order valence-electron chi connectivity index (χ1n) is 6.56. The summed E-state index contributed by atoms with van der Waals surface area (Å²) < 4.78 is 0. The SMILES string of the molecule is CCCNC(c1ccc(C)cc1)c1ccsc1C. The highest BCUT2D eigenvalue weighted by molar-refractivity contribution is 7.10. The maximum atomic E-state index is 3.66. The fourth-order valence-corrected chi connectivity index (χ4v) is 2.89. The Bertz CT molecular complexity index is 484. The molecule has 2 rings (SSSR count). The van der Waals surface area contributed by atoms with Gasteiger partial charge in [-0.2, -0.15) is 0 Å². The van der Waals surface area contributed by atoms with Crippen LogP contribution >= 0.6 is 11.3 Å². The first kappa shape index (κ1) is 13.3. The molecule has 1 nitrogen and oxygen atoms in total. The van der Waals surface area contributed by atoms with Crippen LogP contribution in [-0.2, 0) is 0 Å². The summed E-state index contributed by atoms with van der Waals surface area (Å²) in [4.78, 5) is 1.41.